The van der Waals surface area contributed by atoms with Crippen molar-refractivity contribution in [2.45, 2.75) is 40.0 Å². The summed E-state index contributed by atoms with van der Waals surface area (Å²) in [4.78, 5) is 10.2. The Morgan fingerprint density at radius 1 is 0.780 bits per heavy atom. The molecule has 0 amide bonds. The molecule has 0 unspecified atom stereocenters. The number of rotatable bonds is 2. The van der Waals surface area contributed by atoms with E-state index in [0.29, 0.717) is 0 Å². The molecule has 7 rings (SSSR count). The van der Waals surface area contributed by atoms with Crippen molar-refractivity contribution in [1.82, 2.24) is 9.97 Å². The van der Waals surface area contributed by atoms with Crippen LogP contribution in [0, 0.1) is 26.0 Å². The third kappa shape index (κ3) is 5.76. The second kappa shape index (κ2) is 11.7. The van der Waals surface area contributed by atoms with Gasteiger partial charge in [0.05, 0.1) is 10.3 Å². The third-order valence-electron chi connectivity index (χ3n) is 7.03. The molecule has 0 saturated carbocycles. The molecule has 0 aliphatic heterocycles. The van der Waals surface area contributed by atoms with Gasteiger partial charge in [-0.3, -0.25) is 0 Å². The van der Waals surface area contributed by atoms with E-state index in [4.69, 9.17) is 9.40 Å². The molecule has 207 valence electrons. The molecule has 4 aromatic heterocycles. The van der Waals surface area contributed by atoms with Gasteiger partial charge in [-0.05, 0) is 59.3 Å². The van der Waals surface area contributed by atoms with Gasteiger partial charge in [0.25, 0.3) is 0 Å². The fourth-order valence-electron chi connectivity index (χ4n) is 5.16. The SMILES string of the molecule is Cc1cc2ccc3c4cc[c-]c(-c5cc(C(C)(C)C)c(C)cn5)c4oc3c2s1.[Ir].[c-]1ccccc1-c1ccccn1. The fourth-order valence-corrected chi connectivity index (χ4v) is 6.15. The molecule has 0 aliphatic rings. The number of aromatic nitrogens is 2. The third-order valence-corrected chi connectivity index (χ3v) is 8.09. The van der Waals surface area contributed by atoms with E-state index < -0.39 is 0 Å². The molecule has 3 nitrogen and oxygen atoms in total. The number of pyridine rings is 2. The van der Waals surface area contributed by atoms with Crippen molar-refractivity contribution in [3.8, 4) is 22.5 Å². The van der Waals surface area contributed by atoms with Crippen LogP contribution < -0.4 is 0 Å². The van der Waals surface area contributed by atoms with E-state index in [1.54, 1.807) is 17.5 Å². The Labute approximate surface area is 258 Å². The van der Waals surface area contributed by atoms with Crippen molar-refractivity contribution in [1.29, 1.82) is 0 Å². The standard InChI is InChI=1S/C25H22NOS.C11H8N.Ir/c1-14-13-26-21(12-20(14)25(3,4)5)19-8-6-7-17-18-10-9-16-11-15(2)28-24(16)23(18)27-22(17)19;1-2-6-10(7-3-1)11-8-4-5-9-12-11;/h6-7,9-13H,1-5H3;1-6,8-9H;/q2*-1;. The summed E-state index contributed by atoms with van der Waals surface area (Å²) in [6, 6.07) is 33.0. The number of fused-ring (bicyclic) bond motifs is 5. The summed E-state index contributed by atoms with van der Waals surface area (Å²) < 4.78 is 7.67. The molecule has 4 heterocycles. The second-order valence-corrected chi connectivity index (χ2v) is 12.3. The number of benzene rings is 3. The van der Waals surface area contributed by atoms with Crippen LogP contribution in [0.25, 0.3) is 54.5 Å². The first-order valence-electron chi connectivity index (χ1n) is 13.4. The molecular formula is C36H30IrN2OS-2. The summed E-state index contributed by atoms with van der Waals surface area (Å²) in [5.41, 5.74) is 8.26. The summed E-state index contributed by atoms with van der Waals surface area (Å²) in [6.07, 6.45) is 3.75. The second-order valence-electron chi connectivity index (χ2n) is 11.0. The topological polar surface area (TPSA) is 38.9 Å². The number of aryl methyl sites for hydroxylation is 2. The molecule has 3 aromatic carbocycles. The van der Waals surface area contributed by atoms with E-state index >= 15 is 0 Å². The monoisotopic (exact) mass is 731 g/mol. The van der Waals surface area contributed by atoms with Crippen molar-refractivity contribution in [2.24, 2.45) is 0 Å². The van der Waals surface area contributed by atoms with Crippen molar-refractivity contribution < 1.29 is 24.5 Å². The minimum Gasteiger partial charge on any atom is -0.499 e. The number of furan rings is 1. The maximum absolute atomic E-state index is 6.46. The van der Waals surface area contributed by atoms with E-state index in [9.17, 15) is 0 Å². The smallest absolute Gasteiger partial charge is 0.138 e. The fraction of sp³-hybridized carbons (Fsp3) is 0.167. The molecule has 0 bridgehead atoms. The van der Waals surface area contributed by atoms with Crippen molar-refractivity contribution >= 4 is 43.4 Å². The maximum atomic E-state index is 6.46. The first-order chi connectivity index (χ1) is 19.3. The van der Waals surface area contributed by atoms with Crippen LogP contribution in [-0.4, -0.2) is 9.97 Å². The summed E-state index contributed by atoms with van der Waals surface area (Å²) in [7, 11) is 0. The molecular weight excluding hydrogens is 701 g/mol. The molecule has 0 atom stereocenters. The van der Waals surface area contributed by atoms with Gasteiger partial charge >= 0.3 is 0 Å². The van der Waals surface area contributed by atoms with Crippen LogP contribution in [0.2, 0.25) is 0 Å². The van der Waals surface area contributed by atoms with E-state index in [1.165, 1.54) is 26.1 Å². The number of nitrogens with zero attached hydrogens (tertiary/aromatic N) is 2. The van der Waals surface area contributed by atoms with Gasteiger partial charge in [-0.25, -0.2) is 0 Å². The van der Waals surface area contributed by atoms with E-state index in [0.717, 1.165) is 44.5 Å². The number of hydrogen-bond acceptors (Lipinski definition) is 4. The Bertz CT molecular complexity index is 1910. The minimum atomic E-state index is 0. The zero-order valence-electron chi connectivity index (χ0n) is 23.7. The molecule has 5 heteroatoms. The Morgan fingerprint density at radius 3 is 2.32 bits per heavy atom. The number of hydrogen-bond donors (Lipinski definition) is 0. The Morgan fingerprint density at radius 2 is 1.59 bits per heavy atom. The van der Waals surface area contributed by atoms with Crippen molar-refractivity contribution in [3.63, 3.8) is 0 Å². The van der Waals surface area contributed by atoms with Crippen molar-refractivity contribution in [3.05, 3.63) is 119 Å². The molecule has 0 saturated heterocycles. The minimum absolute atomic E-state index is 0. The van der Waals surface area contributed by atoms with Crippen LogP contribution in [0.1, 0.15) is 36.8 Å². The van der Waals surface area contributed by atoms with Gasteiger partial charge in [-0.1, -0.05) is 62.1 Å². The maximum Gasteiger partial charge on any atom is 0.138 e. The normalized spacial score (nSPS) is 11.3. The Balaban J connectivity index is 0.000000218. The summed E-state index contributed by atoms with van der Waals surface area (Å²) in [6.45, 7) is 11.0. The van der Waals surface area contributed by atoms with Gasteiger partial charge in [-0.15, -0.1) is 65.4 Å². The average Bonchev–Trinajstić information content (AvgIpc) is 3.54. The van der Waals surface area contributed by atoms with Crippen LogP contribution >= 0.6 is 11.3 Å². The van der Waals surface area contributed by atoms with E-state index in [-0.39, 0.29) is 25.5 Å². The Hall–Kier alpha value is -3.63. The zero-order chi connectivity index (χ0) is 27.9. The molecule has 1 radical (unpaired) electrons. The van der Waals surface area contributed by atoms with Gasteiger partial charge in [0.15, 0.2) is 0 Å². The van der Waals surface area contributed by atoms with E-state index in [2.05, 4.69) is 82.1 Å². The van der Waals surface area contributed by atoms with Crippen molar-refractivity contribution in [2.75, 3.05) is 0 Å². The molecule has 41 heavy (non-hydrogen) atoms. The molecule has 0 N–H and O–H groups in total. The Kier molecular flexibility index (Phi) is 8.24. The summed E-state index contributed by atoms with van der Waals surface area (Å²) >= 11 is 1.79. The van der Waals surface area contributed by atoms with Gasteiger partial charge in [0.1, 0.15) is 5.58 Å². The van der Waals surface area contributed by atoms with Crippen LogP contribution in [0.15, 0.2) is 95.7 Å². The summed E-state index contributed by atoms with van der Waals surface area (Å²) in [5.74, 6) is 0. The van der Waals surface area contributed by atoms with Gasteiger partial charge in [0, 0.05) is 42.8 Å². The van der Waals surface area contributed by atoms with Crippen LogP contribution in [-0.2, 0) is 25.5 Å². The van der Waals surface area contributed by atoms with Gasteiger partial charge in [0.2, 0.25) is 0 Å². The largest absolute Gasteiger partial charge is 0.499 e. The first-order valence-corrected chi connectivity index (χ1v) is 14.2. The quantitative estimate of drug-likeness (QED) is 0.166. The predicted molar refractivity (Wildman–Crippen MR) is 168 cm³/mol. The first kappa shape index (κ1) is 28.9. The summed E-state index contributed by atoms with van der Waals surface area (Å²) in [5, 5.41) is 3.52. The van der Waals surface area contributed by atoms with Gasteiger partial charge < -0.3 is 14.4 Å². The van der Waals surface area contributed by atoms with Crippen LogP contribution in [0.4, 0.5) is 0 Å². The molecule has 7 aromatic rings. The van der Waals surface area contributed by atoms with Crippen LogP contribution in [0.3, 0.4) is 0 Å². The van der Waals surface area contributed by atoms with E-state index in [1.807, 2.05) is 54.7 Å². The zero-order valence-corrected chi connectivity index (χ0v) is 26.9. The molecule has 0 aliphatic carbocycles. The number of thiophene rings is 1. The average molecular weight is 731 g/mol. The van der Waals surface area contributed by atoms with Gasteiger partial charge in [-0.2, -0.15) is 0 Å². The molecule has 0 fully saturated rings. The molecule has 0 spiro atoms. The van der Waals surface area contributed by atoms with Crippen LogP contribution in [0.5, 0.6) is 0 Å². The predicted octanol–water partition coefficient (Wildman–Crippen LogP) is 10.1.